The number of aryl methyl sites for hydroxylation is 4. The summed E-state index contributed by atoms with van der Waals surface area (Å²) in [6, 6.07) is 2.55. The molecule has 0 aromatic carbocycles. The summed E-state index contributed by atoms with van der Waals surface area (Å²) in [6.07, 6.45) is 21.8. The Labute approximate surface area is 313 Å². The highest BCUT2D eigenvalue weighted by Gasteiger charge is 2.27. The monoisotopic (exact) mass is 732 g/mol. The fourth-order valence-electron chi connectivity index (χ4n) is 8.38. The minimum absolute atomic E-state index is 0.204. The maximum Gasteiger partial charge on any atom is 0.138 e. The van der Waals surface area contributed by atoms with Gasteiger partial charge in [0, 0.05) is 46.4 Å². The third-order valence-electron chi connectivity index (χ3n) is 11.1. The molecule has 0 aliphatic heterocycles. The average Bonchev–Trinajstić information content (AvgIpc) is 3.92. The first-order valence-corrected chi connectivity index (χ1v) is 21.2. The molecule has 4 aromatic rings. The Morgan fingerprint density at radius 2 is 1.18 bits per heavy atom. The largest absolute Gasteiger partial charge is 0.367 e. The molecule has 11 heteroatoms. The van der Waals surface area contributed by atoms with E-state index >= 15 is 0 Å². The van der Waals surface area contributed by atoms with Crippen molar-refractivity contribution in [3.05, 3.63) is 33.5 Å². The number of fused-ring (bicyclic) bond motifs is 6. The summed E-state index contributed by atoms with van der Waals surface area (Å²) < 4.78 is 0. The van der Waals surface area contributed by atoms with Crippen LogP contribution in [-0.4, -0.2) is 75.9 Å². The van der Waals surface area contributed by atoms with Crippen LogP contribution in [0.1, 0.15) is 113 Å². The first-order chi connectivity index (χ1) is 24.7. The van der Waals surface area contributed by atoms with Gasteiger partial charge in [0.1, 0.15) is 40.2 Å². The minimum Gasteiger partial charge on any atom is -0.367 e. The second kappa shape index (κ2) is 17.9. The third kappa shape index (κ3) is 9.45. The van der Waals surface area contributed by atoms with E-state index in [1.54, 1.807) is 12.7 Å². The van der Waals surface area contributed by atoms with Crippen LogP contribution in [0.2, 0.25) is 0 Å². The highest BCUT2D eigenvalue weighted by molar-refractivity contribution is 7.19. The second-order valence-electron chi connectivity index (χ2n) is 15.9. The molecule has 51 heavy (non-hydrogen) atoms. The summed E-state index contributed by atoms with van der Waals surface area (Å²) >= 11 is 3.74. The van der Waals surface area contributed by atoms with Crippen molar-refractivity contribution in [2.45, 2.75) is 142 Å². The van der Waals surface area contributed by atoms with Gasteiger partial charge in [-0.1, -0.05) is 27.7 Å². The zero-order valence-corrected chi connectivity index (χ0v) is 33.4. The number of hydrogen-bond donors (Lipinski definition) is 3. The lowest BCUT2D eigenvalue weighted by molar-refractivity contribution is -0.110. The number of rotatable bonds is 9. The first-order valence-electron chi connectivity index (χ1n) is 19.6. The van der Waals surface area contributed by atoms with Gasteiger partial charge in [0.2, 0.25) is 0 Å². The maximum atomic E-state index is 9.50. The summed E-state index contributed by atoms with van der Waals surface area (Å²) in [4.78, 5) is 35.7. The second-order valence-corrected chi connectivity index (χ2v) is 18.0. The molecule has 0 saturated heterocycles. The topological polar surface area (TPSA) is 108 Å². The van der Waals surface area contributed by atoms with Crippen LogP contribution in [0.25, 0.3) is 20.4 Å². The number of aromatic nitrogens is 4. The maximum absolute atomic E-state index is 9.50. The lowest BCUT2D eigenvalue weighted by Gasteiger charge is -2.36. The van der Waals surface area contributed by atoms with Crippen molar-refractivity contribution in [2.75, 3.05) is 31.3 Å². The van der Waals surface area contributed by atoms with Gasteiger partial charge >= 0.3 is 0 Å². The third-order valence-corrected chi connectivity index (χ3v) is 13.5. The molecule has 0 bridgehead atoms. The standard InChI is InChI=1S/C20H30N4S.C16H22N4S.C4H8O/c1-13(2)11-24(3)15-9-7-14(8-10-15)23-19-18-16-5-4-6-17(16)25-20(18)22-12-21-19;1-17-10-5-7-11(8-6-10)20-15-14-12-3-2-4-13(12)21-16(14)19-9-18-15;1-4(2)3-5/h12-15H,4-11H2,1-3H3,(H,21,22,23);9-11,17H,2-8H2,1H3,(H,18,19,20);3-4H,1-2H3. The molecule has 2 fully saturated rings. The van der Waals surface area contributed by atoms with Crippen molar-refractivity contribution in [1.29, 1.82) is 0 Å². The van der Waals surface area contributed by atoms with E-state index in [1.165, 1.54) is 138 Å². The van der Waals surface area contributed by atoms with E-state index in [1.807, 2.05) is 36.5 Å². The Kier molecular flexibility index (Phi) is 13.3. The quantitative estimate of drug-likeness (QED) is 0.146. The molecule has 4 aliphatic carbocycles. The Morgan fingerprint density at radius 3 is 1.61 bits per heavy atom. The van der Waals surface area contributed by atoms with Crippen LogP contribution in [0.4, 0.5) is 11.6 Å². The molecule has 0 unspecified atom stereocenters. The van der Waals surface area contributed by atoms with Gasteiger partial charge in [0.05, 0.1) is 10.8 Å². The van der Waals surface area contributed by atoms with E-state index in [4.69, 9.17) is 0 Å². The SMILES string of the molecule is CC(C)C=O.CC(C)CN(C)C1CCC(Nc2ncnc3sc4c(c23)CCC4)CC1.CNC1CCC(Nc2ncnc3sc4c(c23)CCC4)CC1. The van der Waals surface area contributed by atoms with Crippen LogP contribution in [0, 0.1) is 11.8 Å². The number of aldehydes is 1. The highest BCUT2D eigenvalue weighted by Crippen LogP contribution is 2.41. The zero-order valence-electron chi connectivity index (χ0n) is 31.8. The molecular weight excluding hydrogens is 673 g/mol. The van der Waals surface area contributed by atoms with E-state index in [0.717, 1.165) is 29.9 Å². The molecular formula is C40H60N8OS2. The summed E-state index contributed by atoms with van der Waals surface area (Å²) in [6.45, 7) is 9.53. The molecule has 278 valence electrons. The van der Waals surface area contributed by atoms with Crippen LogP contribution in [0.3, 0.4) is 0 Å². The van der Waals surface area contributed by atoms with Gasteiger partial charge in [-0.25, -0.2) is 19.9 Å². The number of thiophene rings is 2. The van der Waals surface area contributed by atoms with Crippen LogP contribution < -0.4 is 16.0 Å². The molecule has 4 aliphatic rings. The lowest BCUT2D eigenvalue weighted by Crippen LogP contribution is -2.40. The number of carbonyl (C=O) groups excluding carboxylic acids is 1. The summed E-state index contributed by atoms with van der Waals surface area (Å²) in [5, 5.41) is 13.5. The van der Waals surface area contributed by atoms with Gasteiger partial charge in [-0.15, -0.1) is 22.7 Å². The van der Waals surface area contributed by atoms with Crippen LogP contribution in [0.5, 0.6) is 0 Å². The normalized spacial score (nSPS) is 22.8. The molecule has 2 saturated carbocycles. The van der Waals surface area contributed by atoms with Crippen molar-refractivity contribution in [1.82, 2.24) is 30.2 Å². The van der Waals surface area contributed by atoms with E-state index in [9.17, 15) is 4.79 Å². The molecule has 0 radical (unpaired) electrons. The fourth-order valence-corrected chi connectivity index (χ4v) is 10.8. The van der Waals surface area contributed by atoms with E-state index < -0.39 is 0 Å². The molecule has 3 N–H and O–H groups in total. The molecule has 0 amide bonds. The van der Waals surface area contributed by atoms with Gasteiger partial charge in [-0.3, -0.25) is 0 Å². The molecule has 4 aromatic heterocycles. The van der Waals surface area contributed by atoms with Gasteiger partial charge in [0.15, 0.2) is 0 Å². The molecule has 8 rings (SSSR count). The van der Waals surface area contributed by atoms with Crippen molar-refractivity contribution in [3.8, 4) is 0 Å². The van der Waals surface area contributed by atoms with Gasteiger partial charge in [0.25, 0.3) is 0 Å². The lowest BCUT2D eigenvalue weighted by atomic mass is 9.90. The Hall–Kier alpha value is -2.73. The van der Waals surface area contributed by atoms with Gasteiger partial charge in [-0.2, -0.15) is 0 Å². The molecule has 0 atom stereocenters. The van der Waals surface area contributed by atoms with Crippen LogP contribution in [0.15, 0.2) is 12.7 Å². The van der Waals surface area contributed by atoms with E-state index in [-0.39, 0.29) is 5.92 Å². The summed E-state index contributed by atoms with van der Waals surface area (Å²) in [5.41, 5.74) is 3.04. The predicted molar refractivity (Wildman–Crippen MR) is 216 cm³/mol. The Morgan fingerprint density at radius 1 is 0.725 bits per heavy atom. The van der Waals surface area contributed by atoms with Crippen molar-refractivity contribution < 1.29 is 4.79 Å². The minimum atomic E-state index is 0.204. The average molecular weight is 733 g/mol. The number of anilines is 2. The first kappa shape index (κ1) is 38.0. The fraction of sp³-hybridized carbons (Fsp3) is 0.675. The van der Waals surface area contributed by atoms with Crippen LogP contribution >= 0.6 is 22.7 Å². The van der Waals surface area contributed by atoms with E-state index in [0.29, 0.717) is 18.1 Å². The summed E-state index contributed by atoms with van der Waals surface area (Å²) in [7, 11) is 4.36. The predicted octanol–water partition coefficient (Wildman–Crippen LogP) is 8.45. The number of carbonyl (C=O) groups is 1. The van der Waals surface area contributed by atoms with Crippen LogP contribution in [-0.2, 0) is 30.5 Å². The highest BCUT2D eigenvalue weighted by atomic mass is 32.1. The van der Waals surface area contributed by atoms with E-state index in [2.05, 4.69) is 68.7 Å². The summed E-state index contributed by atoms with van der Waals surface area (Å²) in [5.74, 6) is 3.11. The van der Waals surface area contributed by atoms with Gasteiger partial charge in [-0.05, 0) is 121 Å². The van der Waals surface area contributed by atoms with Crippen molar-refractivity contribution >= 4 is 61.0 Å². The van der Waals surface area contributed by atoms with Gasteiger partial charge < -0.3 is 25.6 Å². The Balaban J connectivity index is 0.000000157. The molecule has 0 spiro atoms. The number of nitrogens with one attached hydrogen (secondary N) is 3. The number of hydrogen-bond acceptors (Lipinski definition) is 11. The zero-order chi connectivity index (χ0) is 35.9. The molecule has 4 heterocycles. The smallest absolute Gasteiger partial charge is 0.138 e. The number of nitrogens with zero attached hydrogens (tertiary/aromatic N) is 5. The molecule has 9 nitrogen and oxygen atoms in total. The Bertz CT molecular complexity index is 1720. The van der Waals surface area contributed by atoms with Crippen molar-refractivity contribution in [3.63, 3.8) is 0 Å². The van der Waals surface area contributed by atoms with Crippen molar-refractivity contribution in [2.24, 2.45) is 11.8 Å².